The maximum absolute atomic E-state index is 12.0. The highest BCUT2D eigenvalue weighted by atomic mass is 35.7. The van der Waals surface area contributed by atoms with Crippen LogP contribution in [-0.2, 0) is 23.7 Å². The number of anilines is 1. The number of hydrogen-bond donors (Lipinski definition) is 0. The number of carbonyl (C=O) groups excluding carboxylic acids is 1. The second-order valence-corrected chi connectivity index (χ2v) is 9.83. The molecule has 0 saturated carbocycles. The van der Waals surface area contributed by atoms with Gasteiger partial charge in [-0.25, -0.2) is 16.8 Å². The summed E-state index contributed by atoms with van der Waals surface area (Å²) in [5.41, 5.74) is 0.277. The smallest absolute Gasteiger partial charge is 0.232 e. The fourth-order valence-corrected chi connectivity index (χ4v) is 4.61. The lowest BCUT2D eigenvalue weighted by Gasteiger charge is -2.19. The van der Waals surface area contributed by atoms with Gasteiger partial charge in [-0.2, -0.15) is 0 Å². The molecule has 2 rings (SSSR count). The summed E-state index contributed by atoms with van der Waals surface area (Å²) in [5, 5.41) is 0. The number of hydrogen-bond acceptors (Lipinski definition) is 5. The SMILES string of the molecule is CS(=O)(=O)c1ccccc1N1CC(CS(=O)(=O)Cl)CC1=O. The molecule has 21 heavy (non-hydrogen) atoms. The Bertz CT molecular complexity index is 773. The van der Waals surface area contributed by atoms with E-state index in [0.29, 0.717) is 0 Å². The Labute approximate surface area is 128 Å². The van der Waals surface area contributed by atoms with Crippen LogP contribution in [0.2, 0.25) is 0 Å². The zero-order valence-corrected chi connectivity index (χ0v) is 13.6. The first-order valence-electron chi connectivity index (χ1n) is 6.10. The Morgan fingerprint density at radius 1 is 1.24 bits per heavy atom. The van der Waals surface area contributed by atoms with E-state index in [4.69, 9.17) is 10.7 Å². The zero-order valence-electron chi connectivity index (χ0n) is 11.2. The van der Waals surface area contributed by atoms with Crippen molar-refractivity contribution in [1.82, 2.24) is 0 Å². The van der Waals surface area contributed by atoms with Crippen molar-refractivity contribution in [2.24, 2.45) is 5.92 Å². The molecular weight excluding hydrogens is 338 g/mol. The summed E-state index contributed by atoms with van der Waals surface area (Å²) in [7, 11) is -1.98. The van der Waals surface area contributed by atoms with Crippen molar-refractivity contribution < 1.29 is 21.6 Å². The molecule has 0 aliphatic carbocycles. The van der Waals surface area contributed by atoms with Crippen molar-refractivity contribution in [2.75, 3.05) is 23.5 Å². The minimum atomic E-state index is -3.70. The van der Waals surface area contributed by atoms with Gasteiger partial charge in [-0.3, -0.25) is 4.79 Å². The van der Waals surface area contributed by atoms with Gasteiger partial charge in [0, 0.05) is 35.8 Å². The molecule has 0 aromatic heterocycles. The molecule has 1 unspecified atom stereocenters. The largest absolute Gasteiger partial charge is 0.311 e. The normalized spacial score (nSPS) is 20.0. The van der Waals surface area contributed by atoms with Crippen molar-refractivity contribution in [1.29, 1.82) is 0 Å². The Kier molecular flexibility index (Phi) is 4.32. The van der Waals surface area contributed by atoms with Crippen LogP contribution in [0.15, 0.2) is 29.2 Å². The maximum Gasteiger partial charge on any atom is 0.232 e. The molecule has 1 atom stereocenters. The fourth-order valence-electron chi connectivity index (χ4n) is 2.40. The summed E-state index contributed by atoms with van der Waals surface area (Å²) in [5.74, 6) is -1.05. The predicted molar refractivity (Wildman–Crippen MR) is 79.7 cm³/mol. The molecular formula is C12H14ClNO5S2. The number of halogens is 1. The predicted octanol–water partition coefficient (Wildman–Crippen LogP) is 1.01. The van der Waals surface area contributed by atoms with E-state index in [1.54, 1.807) is 12.1 Å². The number of benzene rings is 1. The molecule has 9 heteroatoms. The molecule has 6 nitrogen and oxygen atoms in total. The van der Waals surface area contributed by atoms with Gasteiger partial charge in [-0.1, -0.05) is 12.1 Å². The van der Waals surface area contributed by atoms with Gasteiger partial charge < -0.3 is 4.90 Å². The van der Waals surface area contributed by atoms with Gasteiger partial charge in [0.2, 0.25) is 15.0 Å². The van der Waals surface area contributed by atoms with Crippen LogP contribution in [0.25, 0.3) is 0 Å². The second kappa shape index (κ2) is 5.58. The van der Waals surface area contributed by atoms with Gasteiger partial charge in [0.15, 0.2) is 9.84 Å². The van der Waals surface area contributed by atoms with Crippen molar-refractivity contribution >= 4 is 41.2 Å². The number of carbonyl (C=O) groups is 1. The molecule has 1 heterocycles. The van der Waals surface area contributed by atoms with E-state index in [0.717, 1.165) is 6.26 Å². The highest BCUT2D eigenvalue weighted by Crippen LogP contribution is 2.31. The second-order valence-electron chi connectivity index (χ2n) is 5.02. The van der Waals surface area contributed by atoms with E-state index in [1.165, 1.54) is 17.0 Å². The fraction of sp³-hybridized carbons (Fsp3) is 0.417. The Morgan fingerprint density at radius 3 is 2.43 bits per heavy atom. The van der Waals surface area contributed by atoms with Gasteiger partial charge in [0.1, 0.15) is 0 Å². The minimum absolute atomic E-state index is 0.0318. The average Bonchev–Trinajstić information content (AvgIpc) is 2.66. The molecule has 116 valence electrons. The lowest BCUT2D eigenvalue weighted by atomic mass is 10.1. The first-order valence-corrected chi connectivity index (χ1v) is 10.5. The van der Waals surface area contributed by atoms with Crippen LogP contribution >= 0.6 is 10.7 Å². The van der Waals surface area contributed by atoms with Crippen LogP contribution in [-0.4, -0.2) is 41.3 Å². The molecule has 0 N–H and O–H groups in total. The van der Waals surface area contributed by atoms with Gasteiger partial charge in [-0.05, 0) is 12.1 Å². The number of amides is 1. The number of nitrogens with zero attached hydrogens (tertiary/aromatic N) is 1. The molecule has 1 fully saturated rings. The molecule has 1 aromatic carbocycles. The molecule has 1 aromatic rings. The van der Waals surface area contributed by atoms with Crippen molar-refractivity contribution in [3.8, 4) is 0 Å². The van der Waals surface area contributed by atoms with E-state index < -0.39 is 24.8 Å². The van der Waals surface area contributed by atoms with Gasteiger partial charge in [0.25, 0.3) is 0 Å². The Morgan fingerprint density at radius 2 is 1.86 bits per heavy atom. The molecule has 1 aliphatic rings. The third-order valence-corrected chi connectivity index (χ3v) is 5.59. The topological polar surface area (TPSA) is 88.6 Å². The maximum atomic E-state index is 12.0. The average molecular weight is 352 g/mol. The van der Waals surface area contributed by atoms with Crippen molar-refractivity contribution in [3.63, 3.8) is 0 Å². The van der Waals surface area contributed by atoms with Crippen LogP contribution in [0.3, 0.4) is 0 Å². The highest BCUT2D eigenvalue weighted by molar-refractivity contribution is 8.13. The summed E-state index contributed by atoms with van der Waals surface area (Å²) < 4.78 is 45.8. The van der Waals surface area contributed by atoms with Crippen LogP contribution in [0.1, 0.15) is 6.42 Å². The molecule has 0 radical (unpaired) electrons. The molecule has 0 bridgehead atoms. The number of sulfone groups is 1. The van der Waals surface area contributed by atoms with Gasteiger partial charge >= 0.3 is 0 Å². The van der Waals surface area contributed by atoms with Gasteiger partial charge in [-0.15, -0.1) is 0 Å². The standard InChI is InChI=1S/C12H14ClNO5S2/c1-20(16,17)11-5-3-2-4-10(11)14-7-9(6-12(14)15)8-21(13,18)19/h2-5,9H,6-8H2,1H3. The van der Waals surface area contributed by atoms with Crippen molar-refractivity contribution in [3.05, 3.63) is 24.3 Å². The summed E-state index contributed by atoms with van der Waals surface area (Å²) >= 11 is 0. The first kappa shape index (κ1) is 16.3. The molecule has 1 aliphatic heterocycles. The lowest BCUT2D eigenvalue weighted by Crippen LogP contribution is -2.27. The molecule has 1 saturated heterocycles. The van der Waals surface area contributed by atoms with E-state index in [1.807, 2.05) is 0 Å². The monoisotopic (exact) mass is 351 g/mol. The Hall–Kier alpha value is -1.12. The molecule has 0 spiro atoms. The summed E-state index contributed by atoms with van der Waals surface area (Å²) in [6.45, 7) is 0.136. The summed E-state index contributed by atoms with van der Waals surface area (Å²) in [6.07, 6.45) is 1.09. The summed E-state index contributed by atoms with van der Waals surface area (Å²) in [6, 6.07) is 6.15. The summed E-state index contributed by atoms with van der Waals surface area (Å²) in [4.78, 5) is 13.4. The van der Waals surface area contributed by atoms with E-state index in [9.17, 15) is 21.6 Å². The van der Waals surface area contributed by atoms with E-state index >= 15 is 0 Å². The number of para-hydroxylation sites is 1. The quantitative estimate of drug-likeness (QED) is 0.755. The highest BCUT2D eigenvalue weighted by Gasteiger charge is 2.35. The van der Waals surface area contributed by atoms with E-state index in [2.05, 4.69) is 0 Å². The van der Waals surface area contributed by atoms with Crippen LogP contribution in [0, 0.1) is 5.92 Å². The van der Waals surface area contributed by atoms with E-state index in [-0.39, 0.29) is 35.2 Å². The van der Waals surface area contributed by atoms with Crippen LogP contribution in [0.5, 0.6) is 0 Å². The minimum Gasteiger partial charge on any atom is -0.311 e. The van der Waals surface area contributed by atoms with Crippen LogP contribution < -0.4 is 4.90 Å². The Balaban J connectivity index is 2.34. The lowest BCUT2D eigenvalue weighted by molar-refractivity contribution is -0.117. The van der Waals surface area contributed by atoms with Crippen molar-refractivity contribution in [2.45, 2.75) is 11.3 Å². The zero-order chi connectivity index (χ0) is 15.8. The third kappa shape index (κ3) is 3.96. The molecule has 1 amide bonds. The first-order chi connectivity index (χ1) is 9.58. The third-order valence-electron chi connectivity index (χ3n) is 3.20. The van der Waals surface area contributed by atoms with Gasteiger partial charge in [0.05, 0.1) is 16.3 Å². The van der Waals surface area contributed by atoms with Crippen LogP contribution in [0.4, 0.5) is 5.69 Å². The number of rotatable bonds is 4.